The fraction of sp³-hybridized carbons (Fsp3) is 0.697. The number of benzene rings is 1. The minimum Gasteiger partial charge on any atom is -0.460 e. The minimum absolute atomic E-state index is 0.133. The van der Waals surface area contributed by atoms with E-state index in [0.29, 0.717) is 38.2 Å². The lowest BCUT2D eigenvalue weighted by Crippen LogP contribution is -2.58. The molecule has 1 N–H and O–H groups in total. The molecule has 0 saturated carbocycles. The molecule has 1 heterocycles. The van der Waals surface area contributed by atoms with Gasteiger partial charge >= 0.3 is 17.9 Å². The first-order chi connectivity index (χ1) is 21.7. The molecule has 5 atom stereocenters. The van der Waals surface area contributed by atoms with Crippen LogP contribution in [0.4, 0.5) is 0 Å². The maximum atomic E-state index is 13.3. The molecule has 1 aliphatic rings. The van der Waals surface area contributed by atoms with Crippen LogP contribution in [0.1, 0.15) is 83.7 Å². The topological polar surface area (TPSA) is 162 Å². The molecule has 0 spiro atoms. The summed E-state index contributed by atoms with van der Waals surface area (Å²) in [7, 11) is 0. The third-order valence-electron chi connectivity index (χ3n) is 6.86. The maximum absolute atomic E-state index is 13.3. The number of rotatable bonds is 19. The summed E-state index contributed by atoms with van der Waals surface area (Å²) in [4.78, 5) is 48.8. The van der Waals surface area contributed by atoms with Crippen molar-refractivity contribution in [3.63, 3.8) is 0 Å². The monoisotopic (exact) mass is 654 g/mol. The molecule has 1 fully saturated rings. The van der Waals surface area contributed by atoms with Crippen LogP contribution >= 0.6 is 0 Å². The van der Waals surface area contributed by atoms with Crippen LogP contribution in [0.2, 0.25) is 0 Å². The number of esters is 3. The largest absolute Gasteiger partial charge is 0.460 e. The summed E-state index contributed by atoms with van der Waals surface area (Å²) in [6.07, 6.45) is -2.31. The van der Waals surface area contributed by atoms with E-state index in [9.17, 15) is 24.3 Å². The second kappa shape index (κ2) is 19.5. The van der Waals surface area contributed by atoms with Crippen molar-refractivity contribution in [2.45, 2.75) is 105 Å². The van der Waals surface area contributed by atoms with E-state index < -0.39 is 42.0 Å². The van der Waals surface area contributed by atoms with Crippen LogP contribution in [0.15, 0.2) is 18.2 Å². The van der Waals surface area contributed by atoms with Gasteiger partial charge in [-0.05, 0) is 51.3 Å². The Kier molecular flexibility index (Phi) is 16.6. The molecule has 0 aliphatic carbocycles. The lowest BCUT2D eigenvalue weighted by atomic mass is 9.89. The van der Waals surface area contributed by atoms with Crippen LogP contribution in [-0.2, 0) is 54.1 Å². The van der Waals surface area contributed by atoms with E-state index in [1.165, 1.54) is 13.8 Å². The average molecular weight is 655 g/mol. The Bertz CT molecular complexity index is 1130. The van der Waals surface area contributed by atoms with Crippen molar-refractivity contribution in [2.75, 3.05) is 39.6 Å². The van der Waals surface area contributed by atoms with E-state index in [2.05, 4.69) is 0 Å². The molecule has 13 nitrogen and oxygen atoms in total. The zero-order valence-corrected chi connectivity index (χ0v) is 28.0. The van der Waals surface area contributed by atoms with Gasteiger partial charge in [-0.2, -0.15) is 0 Å². The number of carbonyl (C=O) groups excluding carboxylic acids is 4. The highest BCUT2D eigenvalue weighted by Crippen LogP contribution is 2.34. The lowest BCUT2D eigenvalue weighted by Gasteiger charge is -2.43. The van der Waals surface area contributed by atoms with Crippen LogP contribution in [0.5, 0.6) is 5.75 Å². The van der Waals surface area contributed by atoms with E-state index in [1.807, 2.05) is 13.8 Å². The second-order valence-corrected chi connectivity index (χ2v) is 12.0. The molecule has 0 bridgehead atoms. The summed E-state index contributed by atoms with van der Waals surface area (Å²) >= 11 is 0. The van der Waals surface area contributed by atoms with Crippen LogP contribution in [0, 0.1) is 5.92 Å². The molecule has 46 heavy (non-hydrogen) atoms. The van der Waals surface area contributed by atoms with Gasteiger partial charge in [0.15, 0.2) is 5.78 Å². The molecule has 0 amide bonds. The zero-order chi connectivity index (χ0) is 34.3. The number of aliphatic hydroxyl groups is 1. The van der Waals surface area contributed by atoms with Crippen LogP contribution in [0.3, 0.4) is 0 Å². The fourth-order valence-electron chi connectivity index (χ4n) is 4.84. The van der Waals surface area contributed by atoms with Crippen molar-refractivity contribution >= 4 is 23.7 Å². The van der Waals surface area contributed by atoms with Gasteiger partial charge in [0.2, 0.25) is 12.4 Å². The standard InChI is InChI=1S/C33H50O13/c1-8-27-21(2)30(42-22(3)35)31(43-23(4)36)32(44-27)45-28-12-11-24(19-34)18-25(28)26(37)10-9-13-39-14-15-40-16-17-41-20-29(38)46-33(5,6)7/h11-12,18,21,27,30-32,34H,8-10,13-17,19-20H2,1-7H3/t21-,27+,30-,31+,32-/m0/s1. The summed E-state index contributed by atoms with van der Waals surface area (Å²) in [5.41, 5.74) is 0.174. The zero-order valence-electron chi connectivity index (χ0n) is 28.0. The number of aliphatic hydroxyl groups excluding tert-OH is 1. The number of hydrogen-bond donors (Lipinski definition) is 1. The minimum atomic E-state index is -1.16. The van der Waals surface area contributed by atoms with Crippen LogP contribution in [0.25, 0.3) is 0 Å². The Labute approximate surface area is 271 Å². The number of ketones is 1. The molecule has 13 heteroatoms. The Morgan fingerprint density at radius 2 is 1.50 bits per heavy atom. The highest BCUT2D eigenvalue weighted by atomic mass is 16.7. The Morgan fingerprint density at radius 1 is 0.891 bits per heavy atom. The van der Waals surface area contributed by atoms with Crippen molar-refractivity contribution in [3.8, 4) is 5.75 Å². The third-order valence-corrected chi connectivity index (χ3v) is 6.86. The average Bonchev–Trinajstić information content (AvgIpc) is 2.97. The molecule has 260 valence electrons. The predicted molar refractivity (Wildman–Crippen MR) is 164 cm³/mol. The van der Waals surface area contributed by atoms with Crippen molar-refractivity contribution in [1.82, 2.24) is 0 Å². The summed E-state index contributed by atoms with van der Waals surface area (Å²) in [6, 6.07) is 4.72. The summed E-state index contributed by atoms with van der Waals surface area (Å²) < 4.78 is 44.8. The number of carbonyl (C=O) groups is 4. The molecule has 0 radical (unpaired) electrons. The Hall–Kier alpha value is -3.10. The van der Waals surface area contributed by atoms with E-state index in [0.717, 1.165) is 0 Å². The van der Waals surface area contributed by atoms with Crippen molar-refractivity contribution in [3.05, 3.63) is 29.3 Å². The fourth-order valence-corrected chi connectivity index (χ4v) is 4.84. The lowest BCUT2D eigenvalue weighted by molar-refractivity contribution is -0.266. The molecular formula is C33H50O13. The first-order valence-corrected chi connectivity index (χ1v) is 15.6. The van der Waals surface area contributed by atoms with Crippen LogP contribution < -0.4 is 4.74 Å². The van der Waals surface area contributed by atoms with Gasteiger partial charge in [0.25, 0.3) is 0 Å². The van der Waals surface area contributed by atoms with Crippen molar-refractivity contribution in [1.29, 1.82) is 0 Å². The van der Waals surface area contributed by atoms with Gasteiger partial charge in [-0.25, -0.2) is 4.79 Å². The van der Waals surface area contributed by atoms with Crippen molar-refractivity contribution in [2.24, 2.45) is 5.92 Å². The number of hydrogen-bond acceptors (Lipinski definition) is 13. The summed E-state index contributed by atoms with van der Waals surface area (Å²) in [5, 5.41) is 9.70. The Morgan fingerprint density at radius 3 is 2.09 bits per heavy atom. The molecule has 1 aromatic rings. The first kappa shape index (κ1) is 39.1. The molecule has 1 aliphatic heterocycles. The van der Waals surface area contributed by atoms with Gasteiger partial charge in [-0.1, -0.05) is 19.9 Å². The first-order valence-electron chi connectivity index (χ1n) is 15.6. The highest BCUT2D eigenvalue weighted by molar-refractivity contribution is 5.98. The number of ether oxygens (including phenoxy) is 8. The highest BCUT2D eigenvalue weighted by Gasteiger charge is 2.48. The SMILES string of the molecule is CC[C@H]1O[C@@H](Oc2ccc(CO)cc2C(=O)CCCOCCOCCOCC(=O)OC(C)(C)C)[C@H](OC(C)=O)[C@@H](OC(C)=O)[C@H]1C. The van der Waals surface area contributed by atoms with Gasteiger partial charge < -0.3 is 43.0 Å². The third kappa shape index (κ3) is 13.7. The second-order valence-electron chi connectivity index (χ2n) is 12.0. The smallest absolute Gasteiger partial charge is 0.332 e. The van der Waals surface area contributed by atoms with Gasteiger partial charge in [-0.3, -0.25) is 14.4 Å². The van der Waals surface area contributed by atoms with E-state index in [1.54, 1.807) is 39.0 Å². The number of Topliss-reactive ketones (excluding diaryl/α,β-unsaturated/α-hetero) is 1. The molecular weight excluding hydrogens is 604 g/mol. The van der Waals surface area contributed by atoms with Crippen molar-refractivity contribution < 1.29 is 62.2 Å². The van der Waals surface area contributed by atoms with Gasteiger partial charge in [0, 0.05) is 32.8 Å². The quantitative estimate of drug-likeness (QED) is 0.0999. The molecule has 0 aromatic heterocycles. The normalized spacial score (nSPS) is 21.3. The van der Waals surface area contributed by atoms with E-state index in [4.69, 9.17) is 37.9 Å². The maximum Gasteiger partial charge on any atom is 0.332 e. The summed E-state index contributed by atoms with van der Waals surface area (Å²) in [5.74, 6) is -1.94. The van der Waals surface area contributed by atoms with Gasteiger partial charge in [0.1, 0.15) is 24.1 Å². The molecule has 0 unspecified atom stereocenters. The predicted octanol–water partition coefficient (Wildman–Crippen LogP) is 3.55. The Balaban J connectivity index is 1.91. The molecule has 2 rings (SSSR count). The molecule has 1 saturated heterocycles. The summed E-state index contributed by atoms with van der Waals surface area (Å²) in [6.45, 7) is 12.7. The molecule has 1 aromatic carbocycles. The van der Waals surface area contributed by atoms with E-state index in [-0.39, 0.29) is 62.0 Å². The van der Waals surface area contributed by atoms with Gasteiger partial charge in [-0.15, -0.1) is 0 Å². The van der Waals surface area contributed by atoms with Crippen LogP contribution in [-0.4, -0.2) is 98.6 Å². The van der Waals surface area contributed by atoms with Gasteiger partial charge in [0.05, 0.1) is 44.7 Å². The van der Waals surface area contributed by atoms with E-state index >= 15 is 0 Å².